The highest BCUT2D eigenvalue weighted by molar-refractivity contribution is 5.62. The third-order valence-corrected chi connectivity index (χ3v) is 4.11. The second-order valence-corrected chi connectivity index (χ2v) is 5.78. The van der Waals surface area contributed by atoms with Gasteiger partial charge < -0.3 is 20.3 Å². The van der Waals surface area contributed by atoms with Crippen LogP contribution in [0.4, 0.5) is 11.4 Å². The highest BCUT2D eigenvalue weighted by Crippen LogP contribution is 2.28. The topological polar surface area (TPSA) is 41.7 Å². The van der Waals surface area contributed by atoms with Gasteiger partial charge in [-0.1, -0.05) is 0 Å². The number of anilines is 2. The number of benzene rings is 1. The van der Waals surface area contributed by atoms with E-state index in [0.29, 0.717) is 12.3 Å². The Kier molecular flexibility index (Phi) is 5.12. The van der Waals surface area contributed by atoms with Gasteiger partial charge in [-0.25, -0.2) is 0 Å². The van der Waals surface area contributed by atoms with Gasteiger partial charge in [-0.3, -0.25) is 0 Å². The molecule has 0 saturated carbocycles. The van der Waals surface area contributed by atoms with Crippen molar-refractivity contribution in [3.05, 3.63) is 18.2 Å². The second-order valence-electron chi connectivity index (χ2n) is 5.78. The van der Waals surface area contributed by atoms with Crippen molar-refractivity contribution >= 4 is 11.4 Å². The molecule has 1 saturated heterocycles. The summed E-state index contributed by atoms with van der Waals surface area (Å²) in [5.41, 5.74) is 7.82. The van der Waals surface area contributed by atoms with Crippen molar-refractivity contribution in [2.45, 2.75) is 19.8 Å². The summed E-state index contributed by atoms with van der Waals surface area (Å²) in [6, 6.07) is 6.06. The van der Waals surface area contributed by atoms with Crippen LogP contribution in [-0.4, -0.2) is 45.2 Å². The zero-order valence-electron chi connectivity index (χ0n) is 12.9. The Balaban J connectivity index is 1.98. The lowest BCUT2D eigenvalue weighted by Crippen LogP contribution is -2.35. The monoisotopic (exact) mass is 277 g/mol. The van der Waals surface area contributed by atoms with E-state index in [1.807, 2.05) is 19.1 Å². The summed E-state index contributed by atoms with van der Waals surface area (Å²) in [7, 11) is 4.36. The lowest BCUT2D eigenvalue weighted by atomic mass is 9.96. The van der Waals surface area contributed by atoms with Crippen LogP contribution in [0.1, 0.15) is 19.8 Å². The Hall–Kier alpha value is -1.42. The maximum atomic E-state index is 5.93. The van der Waals surface area contributed by atoms with E-state index in [9.17, 15) is 0 Å². The van der Waals surface area contributed by atoms with Gasteiger partial charge in [-0.05, 0) is 58.0 Å². The van der Waals surface area contributed by atoms with Gasteiger partial charge in [0.25, 0.3) is 0 Å². The Labute approximate surface area is 122 Å². The Bertz CT molecular complexity index is 428. The van der Waals surface area contributed by atoms with E-state index in [1.165, 1.54) is 31.6 Å². The summed E-state index contributed by atoms with van der Waals surface area (Å²) in [5, 5.41) is 0. The molecular formula is C16H27N3O. The number of ether oxygens (including phenoxy) is 1. The van der Waals surface area contributed by atoms with Crippen LogP contribution in [0.15, 0.2) is 18.2 Å². The minimum atomic E-state index is 0.645. The normalized spacial score (nSPS) is 17.1. The fourth-order valence-corrected chi connectivity index (χ4v) is 2.78. The molecule has 0 unspecified atom stereocenters. The summed E-state index contributed by atoms with van der Waals surface area (Å²) in [4.78, 5) is 4.73. The molecule has 0 aromatic heterocycles. The molecule has 0 amide bonds. The van der Waals surface area contributed by atoms with Crippen LogP contribution in [0.3, 0.4) is 0 Å². The van der Waals surface area contributed by atoms with Crippen molar-refractivity contribution in [2.24, 2.45) is 5.92 Å². The number of hydrogen-bond acceptors (Lipinski definition) is 4. The van der Waals surface area contributed by atoms with E-state index in [0.717, 1.165) is 18.2 Å². The molecule has 112 valence electrons. The number of likely N-dealkylation sites (tertiary alicyclic amines) is 1. The molecule has 4 heteroatoms. The van der Waals surface area contributed by atoms with Gasteiger partial charge >= 0.3 is 0 Å². The first-order valence-corrected chi connectivity index (χ1v) is 7.52. The van der Waals surface area contributed by atoms with Crippen LogP contribution in [0.2, 0.25) is 0 Å². The largest absolute Gasteiger partial charge is 0.492 e. The predicted octanol–water partition coefficient (Wildman–Crippen LogP) is 2.45. The molecule has 1 fully saturated rings. The molecule has 1 aromatic rings. The molecule has 2 rings (SSSR count). The van der Waals surface area contributed by atoms with Gasteiger partial charge in [0.05, 0.1) is 12.3 Å². The number of nitrogens with two attached hydrogens (primary N) is 1. The highest BCUT2D eigenvalue weighted by Gasteiger charge is 2.18. The molecule has 20 heavy (non-hydrogen) atoms. The number of nitrogens with zero attached hydrogens (tertiary/aromatic N) is 2. The van der Waals surface area contributed by atoms with Crippen molar-refractivity contribution in [3.8, 4) is 5.75 Å². The molecule has 0 bridgehead atoms. The molecule has 0 spiro atoms. The highest BCUT2D eigenvalue weighted by atomic mass is 16.5. The van der Waals surface area contributed by atoms with Crippen LogP contribution in [0.25, 0.3) is 0 Å². The van der Waals surface area contributed by atoms with E-state index in [2.05, 4.69) is 30.0 Å². The Morgan fingerprint density at radius 2 is 2.05 bits per heavy atom. The standard InChI is InChI=1S/C16H27N3O/c1-4-20-16-11-14(5-6-15(16)17)19(3)12-13-7-9-18(2)10-8-13/h5-6,11,13H,4,7-10,12,17H2,1-3H3. The van der Waals surface area contributed by atoms with E-state index in [4.69, 9.17) is 10.5 Å². The summed E-state index contributed by atoms with van der Waals surface area (Å²) < 4.78 is 5.57. The average Bonchev–Trinajstić information content (AvgIpc) is 2.44. The Morgan fingerprint density at radius 1 is 1.35 bits per heavy atom. The maximum absolute atomic E-state index is 5.93. The van der Waals surface area contributed by atoms with Gasteiger partial charge in [0.1, 0.15) is 5.75 Å². The number of hydrogen-bond donors (Lipinski definition) is 1. The summed E-state index contributed by atoms with van der Waals surface area (Å²) in [5.74, 6) is 1.57. The minimum Gasteiger partial charge on any atom is -0.492 e. The van der Waals surface area contributed by atoms with Crippen molar-refractivity contribution in [1.29, 1.82) is 0 Å². The van der Waals surface area contributed by atoms with Gasteiger partial charge in [0.2, 0.25) is 0 Å². The van der Waals surface area contributed by atoms with Crippen molar-refractivity contribution < 1.29 is 4.74 Å². The summed E-state index contributed by atoms with van der Waals surface area (Å²) in [6.07, 6.45) is 2.57. The minimum absolute atomic E-state index is 0.645. The van der Waals surface area contributed by atoms with Crippen LogP contribution in [-0.2, 0) is 0 Å². The summed E-state index contributed by atoms with van der Waals surface area (Å²) >= 11 is 0. The lowest BCUT2D eigenvalue weighted by molar-refractivity contribution is 0.222. The predicted molar refractivity (Wildman–Crippen MR) is 85.5 cm³/mol. The zero-order valence-corrected chi connectivity index (χ0v) is 12.9. The molecular weight excluding hydrogens is 250 g/mol. The number of nitrogen functional groups attached to an aromatic ring is 1. The van der Waals surface area contributed by atoms with Crippen molar-refractivity contribution in [1.82, 2.24) is 4.90 Å². The maximum Gasteiger partial charge on any atom is 0.144 e. The lowest BCUT2D eigenvalue weighted by Gasteiger charge is -2.32. The molecule has 2 N–H and O–H groups in total. The number of rotatable bonds is 5. The van der Waals surface area contributed by atoms with Crippen LogP contribution < -0.4 is 15.4 Å². The molecule has 1 heterocycles. The fourth-order valence-electron chi connectivity index (χ4n) is 2.78. The smallest absolute Gasteiger partial charge is 0.144 e. The molecule has 1 aliphatic heterocycles. The quantitative estimate of drug-likeness (QED) is 0.839. The van der Waals surface area contributed by atoms with Gasteiger partial charge in [0.15, 0.2) is 0 Å². The second kappa shape index (κ2) is 6.84. The molecule has 0 atom stereocenters. The third-order valence-electron chi connectivity index (χ3n) is 4.11. The van der Waals surface area contributed by atoms with Crippen molar-refractivity contribution in [3.63, 3.8) is 0 Å². The van der Waals surface area contributed by atoms with Gasteiger partial charge in [-0.2, -0.15) is 0 Å². The number of piperidine rings is 1. The first kappa shape index (κ1) is 15.0. The van der Waals surface area contributed by atoms with E-state index in [-0.39, 0.29) is 0 Å². The zero-order chi connectivity index (χ0) is 14.5. The third kappa shape index (κ3) is 3.79. The molecule has 0 aliphatic carbocycles. The van der Waals surface area contributed by atoms with Gasteiger partial charge in [-0.15, -0.1) is 0 Å². The summed E-state index contributed by atoms with van der Waals surface area (Å²) in [6.45, 7) is 6.15. The van der Waals surface area contributed by atoms with E-state index < -0.39 is 0 Å². The molecule has 1 aromatic carbocycles. The van der Waals surface area contributed by atoms with Crippen LogP contribution in [0, 0.1) is 5.92 Å². The van der Waals surface area contributed by atoms with Gasteiger partial charge in [0, 0.05) is 25.3 Å². The first-order valence-electron chi connectivity index (χ1n) is 7.52. The van der Waals surface area contributed by atoms with Crippen LogP contribution >= 0.6 is 0 Å². The van der Waals surface area contributed by atoms with E-state index in [1.54, 1.807) is 0 Å². The average molecular weight is 277 g/mol. The first-order chi connectivity index (χ1) is 9.60. The van der Waals surface area contributed by atoms with Crippen molar-refractivity contribution in [2.75, 3.05) is 51.0 Å². The SMILES string of the molecule is CCOc1cc(N(C)CC2CCN(C)CC2)ccc1N. The Morgan fingerprint density at radius 3 is 2.70 bits per heavy atom. The fraction of sp³-hybridized carbons (Fsp3) is 0.625. The van der Waals surface area contributed by atoms with E-state index >= 15 is 0 Å². The molecule has 4 nitrogen and oxygen atoms in total. The van der Waals surface area contributed by atoms with Crippen LogP contribution in [0.5, 0.6) is 5.75 Å². The molecule has 1 aliphatic rings. The molecule has 0 radical (unpaired) electrons.